The van der Waals surface area contributed by atoms with Crippen molar-refractivity contribution in [1.29, 1.82) is 0 Å². The summed E-state index contributed by atoms with van der Waals surface area (Å²) in [6, 6.07) is 9.80. The molecule has 20 heavy (non-hydrogen) atoms. The fourth-order valence-corrected chi connectivity index (χ4v) is 2.16. The fourth-order valence-electron chi connectivity index (χ4n) is 1.61. The van der Waals surface area contributed by atoms with Gasteiger partial charge in [-0.2, -0.15) is 0 Å². The van der Waals surface area contributed by atoms with Crippen LogP contribution in [0.4, 0.5) is 15.8 Å². The van der Waals surface area contributed by atoms with Crippen LogP contribution in [0.5, 0.6) is 0 Å². The average molecular weight is 386 g/mol. The Morgan fingerprint density at radius 1 is 1.25 bits per heavy atom. The summed E-state index contributed by atoms with van der Waals surface area (Å²) in [5.41, 5.74) is -0.232. The maximum atomic E-state index is 13.0. The number of nitro benzene ring substituents is 1. The van der Waals surface area contributed by atoms with Crippen LogP contribution in [0.1, 0.15) is 10.4 Å². The minimum absolute atomic E-state index is 0.185. The smallest absolute Gasteiger partial charge is 0.285 e. The summed E-state index contributed by atoms with van der Waals surface area (Å²) < 4.78 is 13.9. The van der Waals surface area contributed by atoms with Crippen molar-refractivity contribution >= 4 is 39.9 Å². The second-order valence-corrected chi connectivity index (χ2v) is 5.13. The van der Waals surface area contributed by atoms with Crippen molar-refractivity contribution in [3.8, 4) is 0 Å². The van der Waals surface area contributed by atoms with Crippen molar-refractivity contribution in [2.45, 2.75) is 0 Å². The highest BCUT2D eigenvalue weighted by molar-refractivity contribution is 14.1. The van der Waals surface area contributed by atoms with Gasteiger partial charge < -0.3 is 5.32 Å². The van der Waals surface area contributed by atoms with Crippen molar-refractivity contribution < 1.29 is 14.1 Å². The van der Waals surface area contributed by atoms with Gasteiger partial charge in [0.15, 0.2) is 0 Å². The van der Waals surface area contributed by atoms with Crippen molar-refractivity contribution in [2.75, 3.05) is 5.32 Å². The number of halogens is 2. The molecule has 2 aromatic carbocycles. The van der Waals surface area contributed by atoms with E-state index < -0.39 is 22.3 Å². The number of nitrogens with one attached hydrogen (secondary N) is 1. The molecule has 2 rings (SSSR count). The molecule has 0 aliphatic rings. The van der Waals surface area contributed by atoms with E-state index >= 15 is 0 Å². The largest absolute Gasteiger partial charge is 0.322 e. The summed E-state index contributed by atoms with van der Waals surface area (Å²) in [5, 5.41) is 13.4. The quantitative estimate of drug-likeness (QED) is 0.498. The van der Waals surface area contributed by atoms with Gasteiger partial charge in [-0.05, 0) is 52.9 Å². The Kier molecular flexibility index (Phi) is 4.28. The summed E-state index contributed by atoms with van der Waals surface area (Å²) in [7, 11) is 0. The molecule has 0 saturated carbocycles. The van der Waals surface area contributed by atoms with Crippen LogP contribution in [0.25, 0.3) is 0 Å². The number of amides is 1. The number of benzene rings is 2. The standard InChI is InChI=1S/C13H8FIN2O3/c14-8-4-5-11(12(6-8)17(19)20)13(18)16-10-3-1-2-9(15)7-10/h1-7H,(H,16,18). The fraction of sp³-hybridized carbons (Fsp3) is 0. The first-order valence-corrected chi connectivity index (χ1v) is 6.56. The molecule has 0 fully saturated rings. The van der Waals surface area contributed by atoms with Gasteiger partial charge in [0.25, 0.3) is 11.6 Å². The summed E-state index contributed by atoms with van der Waals surface area (Å²) in [5.74, 6) is -1.42. The normalized spacial score (nSPS) is 10.1. The van der Waals surface area contributed by atoms with Gasteiger partial charge in [-0.1, -0.05) is 6.07 Å². The molecule has 5 nitrogen and oxygen atoms in total. The van der Waals surface area contributed by atoms with E-state index in [1.165, 1.54) is 0 Å². The molecule has 2 aromatic rings. The van der Waals surface area contributed by atoms with E-state index in [1.807, 2.05) is 6.07 Å². The average Bonchev–Trinajstić information content (AvgIpc) is 2.38. The van der Waals surface area contributed by atoms with Crippen LogP contribution in [0.3, 0.4) is 0 Å². The number of anilines is 1. The maximum absolute atomic E-state index is 13.0. The molecule has 102 valence electrons. The third kappa shape index (κ3) is 3.29. The molecule has 0 bridgehead atoms. The molecule has 0 aromatic heterocycles. The third-order valence-corrected chi connectivity index (χ3v) is 3.15. The second-order valence-electron chi connectivity index (χ2n) is 3.88. The van der Waals surface area contributed by atoms with Crippen LogP contribution in [-0.2, 0) is 0 Å². The van der Waals surface area contributed by atoms with Crippen LogP contribution in [-0.4, -0.2) is 10.8 Å². The summed E-state index contributed by atoms with van der Waals surface area (Å²) in [6.45, 7) is 0. The highest BCUT2D eigenvalue weighted by Gasteiger charge is 2.21. The number of nitrogens with zero attached hydrogens (tertiary/aromatic N) is 1. The van der Waals surface area contributed by atoms with Gasteiger partial charge in [-0.25, -0.2) is 4.39 Å². The lowest BCUT2D eigenvalue weighted by Gasteiger charge is -2.06. The molecule has 1 N–H and O–H groups in total. The Morgan fingerprint density at radius 2 is 2.00 bits per heavy atom. The van der Waals surface area contributed by atoms with E-state index in [0.29, 0.717) is 5.69 Å². The predicted octanol–water partition coefficient (Wildman–Crippen LogP) is 3.59. The highest BCUT2D eigenvalue weighted by Crippen LogP contribution is 2.21. The number of carbonyl (C=O) groups is 1. The molecule has 0 heterocycles. The lowest BCUT2D eigenvalue weighted by molar-refractivity contribution is -0.385. The Morgan fingerprint density at radius 3 is 2.65 bits per heavy atom. The molecule has 1 amide bonds. The van der Waals surface area contributed by atoms with Crippen LogP contribution >= 0.6 is 22.6 Å². The molecule has 0 radical (unpaired) electrons. The zero-order valence-corrected chi connectivity index (χ0v) is 12.1. The van der Waals surface area contributed by atoms with Gasteiger partial charge in [0.05, 0.1) is 11.0 Å². The zero-order chi connectivity index (χ0) is 14.7. The zero-order valence-electron chi connectivity index (χ0n) is 9.97. The van der Waals surface area contributed by atoms with Crippen molar-refractivity contribution in [2.24, 2.45) is 0 Å². The molecule has 0 unspecified atom stereocenters. The predicted molar refractivity (Wildman–Crippen MR) is 80.2 cm³/mol. The Balaban J connectivity index is 2.32. The molecule has 0 aliphatic carbocycles. The second kappa shape index (κ2) is 5.95. The number of hydrogen-bond donors (Lipinski definition) is 1. The van der Waals surface area contributed by atoms with Gasteiger partial charge in [0, 0.05) is 9.26 Å². The van der Waals surface area contributed by atoms with Crippen LogP contribution in [0.15, 0.2) is 42.5 Å². The van der Waals surface area contributed by atoms with Gasteiger partial charge >= 0.3 is 0 Å². The van der Waals surface area contributed by atoms with Gasteiger partial charge in [0.1, 0.15) is 11.4 Å². The SMILES string of the molecule is O=C(Nc1cccc(I)c1)c1ccc(F)cc1[N+](=O)[O-]. The number of carbonyl (C=O) groups excluding carboxylic acids is 1. The molecule has 0 atom stereocenters. The van der Waals surface area contributed by atoms with E-state index in [9.17, 15) is 19.3 Å². The molecule has 0 aliphatic heterocycles. The van der Waals surface area contributed by atoms with Gasteiger partial charge in [-0.3, -0.25) is 14.9 Å². The minimum Gasteiger partial charge on any atom is -0.322 e. The summed E-state index contributed by atoms with van der Waals surface area (Å²) in [4.78, 5) is 22.1. The molecular formula is C13H8FIN2O3. The topological polar surface area (TPSA) is 72.2 Å². The van der Waals surface area contributed by atoms with Crippen LogP contribution in [0, 0.1) is 19.5 Å². The number of nitro groups is 1. The summed E-state index contributed by atoms with van der Waals surface area (Å²) >= 11 is 2.08. The lowest BCUT2D eigenvalue weighted by Crippen LogP contribution is -2.14. The number of rotatable bonds is 3. The van der Waals surface area contributed by atoms with E-state index in [4.69, 9.17) is 0 Å². The first-order chi connectivity index (χ1) is 9.47. The molecular weight excluding hydrogens is 378 g/mol. The van der Waals surface area contributed by atoms with Crippen molar-refractivity contribution in [1.82, 2.24) is 0 Å². The third-order valence-electron chi connectivity index (χ3n) is 2.48. The Bertz CT molecular complexity index is 691. The van der Waals surface area contributed by atoms with Crippen LogP contribution < -0.4 is 5.32 Å². The number of hydrogen-bond acceptors (Lipinski definition) is 3. The van der Waals surface area contributed by atoms with E-state index in [0.717, 1.165) is 21.8 Å². The van der Waals surface area contributed by atoms with Crippen molar-refractivity contribution in [3.05, 3.63) is 67.5 Å². The van der Waals surface area contributed by atoms with Gasteiger partial charge in [0.2, 0.25) is 0 Å². The van der Waals surface area contributed by atoms with Gasteiger partial charge in [-0.15, -0.1) is 0 Å². The lowest BCUT2D eigenvalue weighted by atomic mass is 10.1. The molecule has 0 spiro atoms. The Labute approximate surface area is 127 Å². The van der Waals surface area contributed by atoms with Crippen LogP contribution in [0.2, 0.25) is 0 Å². The molecule has 7 heteroatoms. The Hall–Kier alpha value is -2.03. The van der Waals surface area contributed by atoms with Crippen molar-refractivity contribution in [3.63, 3.8) is 0 Å². The first kappa shape index (κ1) is 14.4. The highest BCUT2D eigenvalue weighted by atomic mass is 127. The van der Waals surface area contributed by atoms with E-state index in [-0.39, 0.29) is 5.56 Å². The maximum Gasteiger partial charge on any atom is 0.285 e. The first-order valence-electron chi connectivity index (χ1n) is 5.48. The van der Waals surface area contributed by atoms with E-state index in [2.05, 4.69) is 27.9 Å². The molecule has 0 saturated heterocycles. The monoisotopic (exact) mass is 386 g/mol. The minimum atomic E-state index is -0.785. The van der Waals surface area contributed by atoms with E-state index in [1.54, 1.807) is 18.2 Å². The summed E-state index contributed by atoms with van der Waals surface area (Å²) in [6.07, 6.45) is 0.